The average Bonchev–Trinajstić information content (AvgIpc) is 2.68. The third-order valence-electron chi connectivity index (χ3n) is 3.07. The minimum absolute atomic E-state index is 0.149. The van der Waals surface area contributed by atoms with Crippen molar-refractivity contribution < 1.29 is 5.11 Å². The number of aliphatic hydroxyl groups excluding tert-OH is 1. The van der Waals surface area contributed by atoms with E-state index in [4.69, 9.17) is 0 Å². The van der Waals surface area contributed by atoms with Crippen LogP contribution in [0, 0.1) is 0 Å². The number of aryl methyl sites for hydroxylation is 1. The van der Waals surface area contributed by atoms with Crippen LogP contribution >= 0.6 is 0 Å². The van der Waals surface area contributed by atoms with Crippen LogP contribution in [0.5, 0.6) is 0 Å². The number of hydrogen-bond donors (Lipinski definition) is 1. The summed E-state index contributed by atoms with van der Waals surface area (Å²) >= 11 is 0. The molecule has 1 heterocycles. The van der Waals surface area contributed by atoms with Crippen molar-refractivity contribution in [1.29, 1.82) is 0 Å². The van der Waals surface area contributed by atoms with Gasteiger partial charge in [-0.2, -0.15) is 0 Å². The monoisotopic (exact) mass is 209 g/mol. The summed E-state index contributed by atoms with van der Waals surface area (Å²) in [4.78, 5) is 0. The maximum atomic E-state index is 9.28. The standard InChI is InChI=1S/C13H23NO/c1-4-6-7-12-8-9-13(10-15)14(12)11(3)5-2/h8-9,11,15H,4-7,10H2,1-3H3/t11-/m1/s1. The fraction of sp³-hybridized carbons (Fsp3) is 0.692. The fourth-order valence-corrected chi connectivity index (χ4v) is 1.98. The summed E-state index contributed by atoms with van der Waals surface area (Å²) in [5, 5.41) is 9.28. The van der Waals surface area contributed by atoms with Crippen LogP contribution in [0.3, 0.4) is 0 Å². The number of aliphatic hydroxyl groups is 1. The van der Waals surface area contributed by atoms with E-state index in [2.05, 4.69) is 37.5 Å². The highest BCUT2D eigenvalue weighted by molar-refractivity contribution is 5.17. The van der Waals surface area contributed by atoms with Crippen molar-refractivity contribution >= 4 is 0 Å². The van der Waals surface area contributed by atoms with Gasteiger partial charge in [-0.25, -0.2) is 0 Å². The first kappa shape index (κ1) is 12.3. The van der Waals surface area contributed by atoms with Crippen molar-refractivity contribution in [3.63, 3.8) is 0 Å². The zero-order chi connectivity index (χ0) is 11.3. The molecule has 1 atom stereocenters. The smallest absolute Gasteiger partial charge is 0.0833 e. The quantitative estimate of drug-likeness (QED) is 0.764. The van der Waals surface area contributed by atoms with Crippen LogP contribution in [0.1, 0.15) is 57.5 Å². The summed E-state index contributed by atoms with van der Waals surface area (Å²) in [6.45, 7) is 6.77. The number of rotatable bonds is 6. The Labute approximate surface area is 92.9 Å². The molecular formula is C13H23NO. The van der Waals surface area contributed by atoms with Gasteiger partial charge in [0.25, 0.3) is 0 Å². The minimum Gasteiger partial charge on any atom is -0.390 e. The molecule has 0 saturated heterocycles. The first-order chi connectivity index (χ1) is 7.24. The first-order valence-electron chi connectivity index (χ1n) is 6.04. The van der Waals surface area contributed by atoms with Crippen LogP contribution < -0.4 is 0 Å². The van der Waals surface area contributed by atoms with Gasteiger partial charge in [0.15, 0.2) is 0 Å². The molecule has 0 spiro atoms. The van der Waals surface area contributed by atoms with Gasteiger partial charge in [0.2, 0.25) is 0 Å². The third-order valence-corrected chi connectivity index (χ3v) is 3.07. The van der Waals surface area contributed by atoms with Gasteiger partial charge in [-0.3, -0.25) is 0 Å². The van der Waals surface area contributed by atoms with Gasteiger partial charge in [-0.1, -0.05) is 20.3 Å². The van der Waals surface area contributed by atoms with E-state index in [1.54, 1.807) is 0 Å². The molecule has 0 radical (unpaired) electrons. The molecule has 0 fully saturated rings. The van der Waals surface area contributed by atoms with Gasteiger partial charge in [0.1, 0.15) is 0 Å². The predicted octanol–water partition coefficient (Wildman–Crippen LogP) is 3.29. The molecule has 0 amide bonds. The lowest BCUT2D eigenvalue weighted by molar-refractivity contribution is 0.265. The number of nitrogens with zero attached hydrogens (tertiary/aromatic N) is 1. The highest BCUT2D eigenvalue weighted by Gasteiger charge is 2.11. The van der Waals surface area contributed by atoms with E-state index in [0.717, 1.165) is 18.5 Å². The molecular weight excluding hydrogens is 186 g/mol. The molecule has 1 N–H and O–H groups in total. The molecule has 0 unspecified atom stereocenters. The fourth-order valence-electron chi connectivity index (χ4n) is 1.98. The zero-order valence-corrected chi connectivity index (χ0v) is 10.2. The predicted molar refractivity (Wildman–Crippen MR) is 64.0 cm³/mol. The number of hydrogen-bond acceptors (Lipinski definition) is 1. The summed E-state index contributed by atoms with van der Waals surface area (Å²) in [6.07, 6.45) is 4.69. The van der Waals surface area contributed by atoms with E-state index in [-0.39, 0.29) is 6.61 Å². The Morgan fingerprint density at radius 3 is 2.47 bits per heavy atom. The topological polar surface area (TPSA) is 25.2 Å². The molecule has 0 aliphatic heterocycles. The van der Waals surface area contributed by atoms with E-state index in [1.165, 1.54) is 18.5 Å². The summed E-state index contributed by atoms with van der Waals surface area (Å²) in [7, 11) is 0. The molecule has 0 aliphatic rings. The summed E-state index contributed by atoms with van der Waals surface area (Å²) in [5.41, 5.74) is 2.42. The zero-order valence-electron chi connectivity index (χ0n) is 10.2. The molecule has 15 heavy (non-hydrogen) atoms. The van der Waals surface area contributed by atoms with Gasteiger partial charge in [-0.15, -0.1) is 0 Å². The van der Waals surface area contributed by atoms with E-state index in [1.807, 2.05) is 0 Å². The molecule has 86 valence electrons. The molecule has 0 aromatic carbocycles. The first-order valence-corrected chi connectivity index (χ1v) is 6.04. The highest BCUT2D eigenvalue weighted by atomic mass is 16.3. The third kappa shape index (κ3) is 2.85. The van der Waals surface area contributed by atoms with Crippen LogP contribution in [0.25, 0.3) is 0 Å². The Balaban J connectivity index is 2.89. The van der Waals surface area contributed by atoms with Gasteiger partial charge < -0.3 is 9.67 Å². The van der Waals surface area contributed by atoms with E-state index < -0.39 is 0 Å². The molecule has 2 heteroatoms. The Kier molecular flexibility index (Phi) is 4.89. The van der Waals surface area contributed by atoms with Crippen molar-refractivity contribution in [2.45, 2.75) is 59.1 Å². The summed E-state index contributed by atoms with van der Waals surface area (Å²) in [6, 6.07) is 4.71. The maximum absolute atomic E-state index is 9.28. The number of unbranched alkanes of at least 4 members (excludes halogenated alkanes) is 1. The van der Waals surface area contributed by atoms with Crippen LogP contribution in [0.15, 0.2) is 12.1 Å². The minimum atomic E-state index is 0.149. The van der Waals surface area contributed by atoms with Gasteiger partial charge in [-0.05, 0) is 38.3 Å². The van der Waals surface area contributed by atoms with Gasteiger partial charge in [0, 0.05) is 17.4 Å². The lowest BCUT2D eigenvalue weighted by Crippen LogP contribution is -2.11. The second-order valence-corrected chi connectivity index (χ2v) is 4.20. The van der Waals surface area contributed by atoms with Gasteiger partial charge in [0.05, 0.1) is 6.61 Å². The molecule has 1 rings (SSSR count). The SMILES string of the molecule is CCCCc1ccc(CO)n1[C@H](C)CC. The molecule has 1 aromatic heterocycles. The largest absolute Gasteiger partial charge is 0.390 e. The Morgan fingerprint density at radius 2 is 1.93 bits per heavy atom. The number of aromatic nitrogens is 1. The lowest BCUT2D eigenvalue weighted by atomic mass is 10.2. The average molecular weight is 209 g/mol. The van der Waals surface area contributed by atoms with Crippen molar-refractivity contribution in [3.05, 3.63) is 23.5 Å². The maximum Gasteiger partial charge on any atom is 0.0833 e. The Bertz CT molecular complexity index is 291. The second kappa shape index (κ2) is 5.96. The lowest BCUT2D eigenvalue weighted by Gasteiger charge is -2.18. The normalized spacial score (nSPS) is 13.1. The van der Waals surface area contributed by atoms with Crippen LogP contribution in [-0.2, 0) is 13.0 Å². The Morgan fingerprint density at radius 1 is 1.27 bits per heavy atom. The molecule has 0 aliphatic carbocycles. The van der Waals surface area contributed by atoms with Crippen LogP contribution in [0.2, 0.25) is 0 Å². The second-order valence-electron chi connectivity index (χ2n) is 4.20. The molecule has 2 nitrogen and oxygen atoms in total. The molecule has 0 saturated carbocycles. The van der Waals surface area contributed by atoms with E-state index in [9.17, 15) is 5.11 Å². The van der Waals surface area contributed by atoms with Crippen LogP contribution in [0.4, 0.5) is 0 Å². The van der Waals surface area contributed by atoms with Gasteiger partial charge >= 0.3 is 0 Å². The summed E-state index contributed by atoms with van der Waals surface area (Å²) in [5.74, 6) is 0. The van der Waals surface area contributed by atoms with Crippen LogP contribution in [-0.4, -0.2) is 9.67 Å². The highest BCUT2D eigenvalue weighted by Crippen LogP contribution is 2.20. The Hall–Kier alpha value is -0.760. The van der Waals surface area contributed by atoms with Crippen molar-refractivity contribution in [2.75, 3.05) is 0 Å². The van der Waals surface area contributed by atoms with Crippen molar-refractivity contribution in [2.24, 2.45) is 0 Å². The van der Waals surface area contributed by atoms with E-state index >= 15 is 0 Å². The molecule has 1 aromatic rings. The van der Waals surface area contributed by atoms with Crippen molar-refractivity contribution in [1.82, 2.24) is 4.57 Å². The van der Waals surface area contributed by atoms with Crippen molar-refractivity contribution in [3.8, 4) is 0 Å². The molecule has 0 bridgehead atoms. The van der Waals surface area contributed by atoms with E-state index in [0.29, 0.717) is 6.04 Å². The summed E-state index contributed by atoms with van der Waals surface area (Å²) < 4.78 is 2.30.